The van der Waals surface area contributed by atoms with Gasteiger partial charge in [0.25, 0.3) is 5.91 Å². The molecule has 0 aliphatic rings. The molecule has 0 bridgehead atoms. The van der Waals surface area contributed by atoms with Crippen molar-refractivity contribution in [2.75, 3.05) is 57.8 Å². The van der Waals surface area contributed by atoms with E-state index in [2.05, 4.69) is 86.4 Å². The number of fused-ring (bicyclic) bond motifs is 6. The number of amides is 6. The number of carbonyl (C=O) groups excluding carboxylic acids is 6. The lowest BCUT2D eigenvalue weighted by Crippen LogP contribution is -2.33. The van der Waals surface area contributed by atoms with Gasteiger partial charge in [0.15, 0.2) is 0 Å². The van der Waals surface area contributed by atoms with Crippen LogP contribution >= 0.6 is 139 Å². The molecular formula is C110H88Cl12N18O8. The van der Waals surface area contributed by atoms with Gasteiger partial charge in [-0.1, -0.05) is 237 Å². The van der Waals surface area contributed by atoms with E-state index in [0.29, 0.717) is 216 Å². The molecule has 0 radical (unpaired) electrons. The average molecular weight is 2220 g/mol. The second kappa shape index (κ2) is 49.2. The van der Waals surface area contributed by atoms with Crippen molar-refractivity contribution >= 4 is 275 Å². The molecule has 14 aromatic carbocycles. The van der Waals surface area contributed by atoms with Crippen LogP contribution in [0.2, 0.25) is 60.3 Å². The number of aromatic amines is 6. The summed E-state index contributed by atoms with van der Waals surface area (Å²) >= 11 is 75.3. The summed E-state index contributed by atoms with van der Waals surface area (Å²) < 4.78 is 10.4. The summed E-state index contributed by atoms with van der Waals surface area (Å²) in [5.41, 5.74) is 19.5. The van der Waals surface area contributed by atoms with Gasteiger partial charge >= 0.3 is 6.09 Å². The van der Waals surface area contributed by atoms with Crippen LogP contribution in [0.15, 0.2) is 273 Å². The van der Waals surface area contributed by atoms with Gasteiger partial charge in [0.1, 0.15) is 41.6 Å². The van der Waals surface area contributed by atoms with E-state index in [1.165, 1.54) is 4.90 Å². The number of nitrogens with zero attached hydrogens (tertiary/aromatic N) is 7. The SMILES string of the molecule is CC(C)CC(=O)Nc1ccc2nc(-c3c(Cl)cccc3Cl)[nH]c2c1.CCOC(=O)N(CCCC(=O)Nc1ccc2nc(-c3c(Cl)cccc3Cl)[nH]c2c1)c1ccc2nc(-c3cccc(Cl)c3Cl)[nH]c2c1.CCOCC(=O)Nc1ccc2nc(-c3c(Cl)cccc3Cl)[nH]c2c1.Cc1cccc(C(=O)Nc2ccc3nc(-c4c(Cl)cccc4Cl)[nH]c3c2)c1.O=C(Cc1ccccc1)Nc1ccc2nc(-c3c(Cl)cccc3Cl)[nH]c2c1. The summed E-state index contributed by atoms with van der Waals surface area (Å²) in [5, 5.41) is 20.4. The molecule has 11 N–H and O–H groups in total. The summed E-state index contributed by atoms with van der Waals surface area (Å²) in [5.74, 6) is 3.12. The second-order valence-corrected chi connectivity index (χ2v) is 38.7. The monoisotopic (exact) mass is 2210 g/mol. The van der Waals surface area contributed by atoms with Gasteiger partial charge in [0.05, 0.1) is 167 Å². The van der Waals surface area contributed by atoms with Gasteiger partial charge in [0, 0.05) is 71.2 Å². The number of nitrogens with one attached hydrogen (secondary N) is 11. The predicted octanol–water partition coefficient (Wildman–Crippen LogP) is 31.6. The van der Waals surface area contributed by atoms with E-state index in [1.807, 2.05) is 149 Å². The van der Waals surface area contributed by atoms with Crippen molar-refractivity contribution in [1.82, 2.24) is 59.8 Å². The van der Waals surface area contributed by atoms with Crippen molar-refractivity contribution in [2.45, 2.75) is 60.3 Å². The highest BCUT2D eigenvalue weighted by atomic mass is 35.5. The van der Waals surface area contributed by atoms with Crippen molar-refractivity contribution in [3.63, 3.8) is 0 Å². The Hall–Kier alpha value is -14.0. The van der Waals surface area contributed by atoms with Gasteiger partial charge in [0.2, 0.25) is 23.6 Å². The average Bonchev–Trinajstić information content (AvgIpc) is 1.68. The maximum Gasteiger partial charge on any atom is 0.414 e. The van der Waals surface area contributed by atoms with Crippen LogP contribution in [0.5, 0.6) is 0 Å². The minimum absolute atomic E-state index is 0.00163. The number of halogens is 12. The Morgan fingerprint density at radius 2 is 0.676 bits per heavy atom. The number of H-pyrrole nitrogens is 6. The largest absolute Gasteiger partial charge is 0.449 e. The van der Waals surface area contributed by atoms with Crippen LogP contribution in [0.25, 0.3) is 135 Å². The number of ether oxygens (including phenoxy) is 2. The van der Waals surface area contributed by atoms with Crippen LogP contribution in [0, 0.1) is 12.8 Å². The first kappa shape index (κ1) is 107. The van der Waals surface area contributed by atoms with Crippen molar-refractivity contribution in [2.24, 2.45) is 5.92 Å². The van der Waals surface area contributed by atoms with E-state index in [9.17, 15) is 28.8 Å². The second-order valence-electron chi connectivity index (χ2n) is 33.8. The first-order valence-corrected chi connectivity index (χ1v) is 50.7. The zero-order chi connectivity index (χ0) is 105. The lowest BCUT2D eigenvalue weighted by atomic mass is 10.1. The van der Waals surface area contributed by atoms with Crippen LogP contribution in [-0.4, -0.2) is 122 Å². The van der Waals surface area contributed by atoms with E-state index in [-0.39, 0.29) is 55.7 Å². The minimum atomic E-state index is -0.515. The molecule has 26 nitrogen and oxygen atoms in total. The summed E-state index contributed by atoms with van der Waals surface area (Å²) in [6.45, 7) is 10.5. The lowest BCUT2D eigenvalue weighted by Gasteiger charge is -2.22. The Balaban J connectivity index is 0.000000136. The molecule has 0 fully saturated rings. The van der Waals surface area contributed by atoms with Gasteiger partial charge in [-0.2, -0.15) is 0 Å². The first-order chi connectivity index (χ1) is 71.3. The molecule has 750 valence electrons. The number of hydrogen-bond acceptors (Lipinski definition) is 14. The third-order valence-corrected chi connectivity index (χ3v) is 26.5. The highest BCUT2D eigenvalue weighted by molar-refractivity contribution is 6.44. The van der Waals surface area contributed by atoms with Crippen LogP contribution in [-0.2, 0) is 35.1 Å². The Bertz CT molecular complexity index is 8260. The number of hydrogen-bond donors (Lipinski definition) is 11. The Morgan fingerprint density at radius 3 is 1.06 bits per heavy atom. The number of benzene rings is 14. The molecule has 0 saturated carbocycles. The van der Waals surface area contributed by atoms with Crippen LogP contribution in [0.3, 0.4) is 0 Å². The predicted molar refractivity (Wildman–Crippen MR) is 603 cm³/mol. The van der Waals surface area contributed by atoms with E-state index >= 15 is 0 Å². The maximum absolute atomic E-state index is 12.9. The number of imidazole rings is 6. The van der Waals surface area contributed by atoms with E-state index in [0.717, 1.165) is 60.9 Å². The molecule has 0 aliphatic carbocycles. The fourth-order valence-electron chi connectivity index (χ4n) is 15.7. The summed E-state index contributed by atoms with van der Waals surface area (Å²) in [6, 6.07) is 81.7. The minimum Gasteiger partial charge on any atom is -0.449 e. The fourth-order valence-corrected chi connectivity index (χ4v) is 19.0. The lowest BCUT2D eigenvalue weighted by molar-refractivity contribution is -0.120. The van der Waals surface area contributed by atoms with Crippen molar-refractivity contribution in [1.29, 1.82) is 0 Å². The smallest absolute Gasteiger partial charge is 0.414 e. The topological polar surface area (TPSA) is 356 Å². The Labute approximate surface area is 908 Å². The highest BCUT2D eigenvalue weighted by Gasteiger charge is 2.25. The molecule has 20 aromatic rings. The molecule has 0 aliphatic heterocycles. The fraction of sp³-hybridized carbons (Fsp3) is 0.127. The molecule has 0 saturated heterocycles. The van der Waals surface area contributed by atoms with Crippen molar-refractivity contribution < 1.29 is 38.2 Å². The van der Waals surface area contributed by atoms with Crippen LogP contribution < -0.4 is 31.5 Å². The summed E-state index contributed by atoms with van der Waals surface area (Å²) in [6.07, 6.45) is 0.848. The van der Waals surface area contributed by atoms with Crippen LogP contribution in [0.1, 0.15) is 68.4 Å². The van der Waals surface area contributed by atoms with Gasteiger partial charge < -0.3 is 66.0 Å². The quantitative estimate of drug-likeness (QED) is 0.0253. The molecule has 148 heavy (non-hydrogen) atoms. The molecule has 0 unspecified atom stereocenters. The summed E-state index contributed by atoms with van der Waals surface area (Å²) in [4.78, 5) is 122. The van der Waals surface area contributed by atoms with Gasteiger partial charge in [-0.15, -0.1) is 0 Å². The highest BCUT2D eigenvalue weighted by Crippen LogP contribution is 2.42. The molecule has 20 rings (SSSR count). The zero-order valence-electron chi connectivity index (χ0n) is 79.1. The number of anilines is 6. The third-order valence-electron chi connectivity index (χ3n) is 22.6. The standard InChI is InChI=1S/C33H26Cl4N6O3.2C21H15Cl2N3O.C18H17Cl2N3O.C17H15Cl2N3O2/c1-2-46-33(45)43(19-12-14-25-27(17-19)41-31(39-25)20-6-3-9-23(36)30(20)37)15-5-10-28(44)38-18-11-13-24-26(16-18)42-32(40-24)29-21(34)7-4-8-22(29)35;1-12-4-2-5-13(10-12)21(27)24-14-8-9-17-18(11-14)26-20(25-17)19-15(22)6-3-7-16(19)23;22-15-7-4-8-16(23)20(15)21-25-17-10-9-14(12-18(17)26-21)24-19(27)11-13-5-2-1-3-6-13;1-10(2)8-16(24)21-11-6-7-14-15(9-11)23-18(22-14)17-12(19)4-3-5-13(17)20;1-2-24-9-15(23)20-10-6-7-13-14(8-10)22-17(21-13)16-11(18)4-3-5-12(16)19/h3-4,6-9,11-14,16-17H,2,5,10,15H2,1H3,(H,38,44)(H,39,41)(H,40,42);2-11H,1H3,(H,24,27)(H,25,26);1-10,12H,11H2,(H,24,27)(H,25,26);3-7,9-10H,8H2,1-2H3,(H,21,24)(H,22,23);3-8H,2,9H2,1H3,(H,20,23)(H,21,22). The summed E-state index contributed by atoms with van der Waals surface area (Å²) in [7, 11) is 0. The number of aryl methyl sites for hydroxylation is 1. The zero-order valence-corrected chi connectivity index (χ0v) is 88.2. The Kier molecular flexibility index (Phi) is 35.5. The molecule has 0 spiro atoms. The molecule has 0 atom stereocenters. The van der Waals surface area contributed by atoms with Crippen molar-refractivity contribution in [3.05, 3.63) is 350 Å². The molecule has 6 heterocycles. The van der Waals surface area contributed by atoms with Gasteiger partial charge in [-0.3, -0.25) is 28.9 Å². The number of carbonyl (C=O) groups is 6. The molecule has 6 amide bonds. The number of rotatable bonds is 25. The van der Waals surface area contributed by atoms with Gasteiger partial charge in [-0.05, 0) is 233 Å². The van der Waals surface area contributed by atoms with Crippen LogP contribution in [0.4, 0.5) is 38.9 Å². The van der Waals surface area contributed by atoms with E-state index in [1.54, 1.807) is 159 Å². The molecular weight excluding hydrogens is 2130 g/mol. The van der Waals surface area contributed by atoms with Crippen molar-refractivity contribution in [3.8, 4) is 68.3 Å². The number of aromatic nitrogens is 12. The van der Waals surface area contributed by atoms with E-state index in [4.69, 9.17) is 149 Å². The van der Waals surface area contributed by atoms with E-state index < -0.39 is 6.09 Å². The first-order valence-electron chi connectivity index (χ1n) is 46.1. The maximum atomic E-state index is 12.9. The third kappa shape index (κ3) is 26.7. The molecule has 6 aromatic heterocycles. The normalized spacial score (nSPS) is 11.1. The molecule has 38 heteroatoms. The van der Waals surface area contributed by atoms with Gasteiger partial charge in [-0.25, -0.2) is 34.7 Å². The Morgan fingerprint density at radius 1 is 0.338 bits per heavy atom.